The monoisotopic (exact) mass is 538 g/mol. The fourth-order valence-electron chi connectivity index (χ4n) is 6.53. The highest BCUT2D eigenvalue weighted by Crippen LogP contribution is 2.41. The molecule has 206 valence electrons. The molecule has 0 saturated carbocycles. The van der Waals surface area contributed by atoms with Gasteiger partial charge in [-0.2, -0.15) is 5.10 Å². The second-order valence-corrected chi connectivity index (χ2v) is 11.0. The van der Waals surface area contributed by atoms with Gasteiger partial charge in [0.15, 0.2) is 5.65 Å². The molecule has 0 radical (unpaired) electrons. The molecule has 7 heterocycles. The van der Waals surface area contributed by atoms with Crippen LogP contribution in [-0.4, -0.2) is 74.6 Å². The van der Waals surface area contributed by atoms with Crippen LogP contribution < -0.4 is 14.4 Å². The number of rotatable bonds is 7. The number of fused-ring (bicyclic) bond motifs is 3. The van der Waals surface area contributed by atoms with Crippen LogP contribution in [0.15, 0.2) is 55.1 Å². The normalized spacial score (nSPS) is 19.7. The largest absolute Gasteiger partial charge is 0.492 e. The molecule has 2 aliphatic heterocycles. The molecule has 5 aromatic rings. The number of ether oxygens (including phenoxy) is 2. The van der Waals surface area contributed by atoms with E-state index in [2.05, 4.69) is 54.3 Å². The molecule has 0 aliphatic carbocycles. The van der Waals surface area contributed by atoms with E-state index in [1.165, 1.54) is 24.8 Å². The number of piperidine rings is 1. The van der Waals surface area contributed by atoms with Crippen LogP contribution in [0.3, 0.4) is 0 Å². The van der Waals surface area contributed by atoms with Crippen molar-refractivity contribution >= 4 is 22.4 Å². The lowest BCUT2D eigenvalue weighted by atomic mass is 9.79. The Morgan fingerprint density at radius 1 is 1.02 bits per heavy atom. The third-order valence-electron chi connectivity index (χ3n) is 8.39. The van der Waals surface area contributed by atoms with Crippen LogP contribution in [0.4, 0.5) is 5.82 Å². The van der Waals surface area contributed by atoms with Gasteiger partial charge in [-0.15, -0.1) is 5.10 Å². The second kappa shape index (κ2) is 10.1. The molecule has 1 unspecified atom stereocenters. The van der Waals surface area contributed by atoms with Crippen LogP contribution in [0.2, 0.25) is 0 Å². The highest BCUT2D eigenvalue weighted by Gasteiger charge is 2.41. The van der Waals surface area contributed by atoms with Gasteiger partial charge < -0.3 is 14.4 Å². The van der Waals surface area contributed by atoms with Crippen molar-refractivity contribution in [3.63, 3.8) is 0 Å². The van der Waals surface area contributed by atoms with Crippen molar-refractivity contribution in [1.82, 2.24) is 34.7 Å². The Hall–Kier alpha value is -4.18. The van der Waals surface area contributed by atoms with Gasteiger partial charge in [0.2, 0.25) is 5.88 Å². The van der Waals surface area contributed by atoms with E-state index in [1.807, 2.05) is 42.3 Å². The van der Waals surface area contributed by atoms with E-state index >= 15 is 0 Å². The van der Waals surface area contributed by atoms with Gasteiger partial charge in [0.1, 0.15) is 11.6 Å². The van der Waals surface area contributed by atoms with Gasteiger partial charge in [0.25, 0.3) is 0 Å². The standard InChI is InChI=1S/C30H34N8O2/c1-3-40-23-13-24(28-25-16-33-34-29(25)35-38(28)18-23)22-6-7-26(31-15-22)37-12-10-30(20-37)9-4-11-36(19-30)17-21-5-8-27(39-2)32-14-21/h5-8,13-16,18H,3-4,9-12,17,19-20H2,1-2H3,(H,34,35). The lowest BCUT2D eigenvalue weighted by Gasteiger charge is -2.40. The van der Waals surface area contributed by atoms with Crippen LogP contribution >= 0.6 is 0 Å². The highest BCUT2D eigenvalue weighted by atomic mass is 16.5. The molecule has 2 saturated heterocycles. The summed E-state index contributed by atoms with van der Waals surface area (Å²) in [6, 6.07) is 10.5. The Balaban J connectivity index is 1.09. The first-order chi connectivity index (χ1) is 19.6. The first-order valence-electron chi connectivity index (χ1n) is 14.0. The minimum absolute atomic E-state index is 0.307. The maximum absolute atomic E-state index is 5.85. The lowest BCUT2D eigenvalue weighted by Crippen LogP contribution is -2.44. The Morgan fingerprint density at radius 2 is 1.98 bits per heavy atom. The van der Waals surface area contributed by atoms with Crippen LogP contribution in [0.5, 0.6) is 11.6 Å². The molecule has 5 aromatic heterocycles. The molecule has 1 N–H and O–H groups in total. The smallest absolute Gasteiger partial charge is 0.212 e. The number of H-pyrrole nitrogens is 1. The zero-order valence-corrected chi connectivity index (χ0v) is 23.0. The minimum atomic E-state index is 0.307. The number of aromatic nitrogens is 6. The zero-order chi connectivity index (χ0) is 27.1. The summed E-state index contributed by atoms with van der Waals surface area (Å²) in [5.74, 6) is 2.48. The van der Waals surface area contributed by atoms with E-state index in [1.54, 1.807) is 7.11 Å². The number of likely N-dealkylation sites (tertiary alicyclic amines) is 1. The number of aromatic amines is 1. The molecule has 40 heavy (non-hydrogen) atoms. The number of hydrogen-bond donors (Lipinski definition) is 1. The molecule has 0 amide bonds. The topological polar surface area (TPSA) is 96.7 Å². The van der Waals surface area contributed by atoms with Gasteiger partial charge in [-0.25, -0.2) is 14.5 Å². The molecule has 10 heteroatoms. The van der Waals surface area contributed by atoms with E-state index < -0.39 is 0 Å². The predicted octanol–water partition coefficient (Wildman–Crippen LogP) is 4.57. The van der Waals surface area contributed by atoms with E-state index in [-0.39, 0.29) is 0 Å². The average molecular weight is 539 g/mol. The van der Waals surface area contributed by atoms with Crippen LogP contribution in [0.1, 0.15) is 31.7 Å². The number of nitrogens with one attached hydrogen (secondary N) is 1. The fraction of sp³-hybridized carbons (Fsp3) is 0.400. The van der Waals surface area contributed by atoms with Gasteiger partial charge in [-0.05, 0) is 56.5 Å². The van der Waals surface area contributed by atoms with Gasteiger partial charge in [0.05, 0.1) is 37.0 Å². The molecule has 1 atom stereocenters. The van der Waals surface area contributed by atoms with Gasteiger partial charge in [0, 0.05) is 61.2 Å². The highest BCUT2D eigenvalue weighted by molar-refractivity contribution is 6.00. The molecule has 7 rings (SSSR count). The Bertz CT molecular complexity index is 1630. The fourth-order valence-corrected chi connectivity index (χ4v) is 6.53. The first kappa shape index (κ1) is 24.8. The molecule has 2 aliphatic rings. The molecule has 0 aromatic carbocycles. The summed E-state index contributed by atoms with van der Waals surface area (Å²) in [6.07, 6.45) is 11.3. The van der Waals surface area contributed by atoms with Gasteiger partial charge in [-0.1, -0.05) is 6.07 Å². The zero-order valence-electron chi connectivity index (χ0n) is 23.0. The summed E-state index contributed by atoms with van der Waals surface area (Å²) in [6.45, 7) is 7.83. The number of anilines is 1. The Morgan fingerprint density at radius 3 is 2.77 bits per heavy atom. The third kappa shape index (κ3) is 4.52. The van der Waals surface area contributed by atoms with Gasteiger partial charge in [-0.3, -0.25) is 10.00 Å². The summed E-state index contributed by atoms with van der Waals surface area (Å²) in [5.41, 5.74) is 5.36. The molecule has 0 bridgehead atoms. The van der Waals surface area contributed by atoms with Crippen LogP contribution in [-0.2, 0) is 6.54 Å². The van der Waals surface area contributed by atoms with Crippen molar-refractivity contribution in [2.45, 2.75) is 32.7 Å². The number of nitrogens with zero attached hydrogens (tertiary/aromatic N) is 7. The summed E-state index contributed by atoms with van der Waals surface area (Å²) in [7, 11) is 1.65. The maximum atomic E-state index is 5.85. The van der Waals surface area contributed by atoms with Crippen molar-refractivity contribution in [2.75, 3.05) is 44.8 Å². The summed E-state index contributed by atoms with van der Waals surface area (Å²) in [5, 5.41) is 12.8. The average Bonchev–Trinajstić information content (AvgIpc) is 3.69. The maximum Gasteiger partial charge on any atom is 0.212 e. The first-order valence-corrected chi connectivity index (χ1v) is 14.0. The molecule has 2 fully saturated rings. The predicted molar refractivity (Wildman–Crippen MR) is 154 cm³/mol. The molecular weight excluding hydrogens is 504 g/mol. The summed E-state index contributed by atoms with van der Waals surface area (Å²) >= 11 is 0. The molecule has 1 spiro atoms. The van der Waals surface area contributed by atoms with E-state index in [4.69, 9.17) is 14.5 Å². The van der Waals surface area contributed by atoms with E-state index in [0.29, 0.717) is 17.9 Å². The van der Waals surface area contributed by atoms with Crippen molar-refractivity contribution in [2.24, 2.45) is 5.41 Å². The van der Waals surface area contributed by atoms with Crippen molar-refractivity contribution in [1.29, 1.82) is 0 Å². The number of pyridine rings is 3. The molecule has 10 nitrogen and oxygen atoms in total. The Labute approximate surface area is 232 Å². The van der Waals surface area contributed by atoms with E-state index in [9.17, 15) is 0 Å². The quantitative estimate of drug-likeness (QED) is 0.322. The number of methoxy groups -OCH3 is 1. The van der Waals surface area contributed by atoms with E-state index in [0.717, 1.165) is 72.0 Å². The third-order valence-corrected chi connectivity index (χ3v) is 8.39. The molecular formula is C30H34N8O2. The summed E-state index contributed by atoms with van der Waals surface area (Å²) in [4.78, 5) is 14.4. The second-order valence-electron chi connectivity index (χ2n) is 11.0. The van der Waals surface area contributed by atoms with Crippen LogP contribution in [0, 0.1) is 5.41 Å². The van der Waals surface area contributed by atoms with Crippen LogP contribution in [0.25, 0.3) is 27.7 Å². The van der Waals surface area contributed by atoms with Gasteiger partial charge >= 0.3 is 0 Å². The van der Waals surface area contributed by atoms with Crippen molar-refractivity contribution in [3.8, 4) is 22.8 Å². The summed E-state index contributed by atoms with van der Waals surface area (Å²) < 4.78 is 12.9. The number of hydrogen-bond acceptors (Lipinski definition) is 8. The minimum Gasteiger partial charge on any atom is -0.492 e. The van der Waals surface area contributed by atoms with Crippen molar-refractivity contribution in [3.05, 3.63) is 60.7 Å². The SMILES string of the molecule is CCOc1cc(-c2ccc(N3CCC4(CCCN(Cc5ccc(OC)nc5)C4)C3)nc2)c2c3cn[nH]c3nn2c1. The Kier molecular flexibility index (Phi) is 6.27. The lowest BCUT2D eigenvalue weighted by molar-refractivity contribution is 0.0990. The van der Waals surface area contributed by atoms with Crippen molar-refractivity contribution < 1.29 is 9.47 Å².